The van der Waals surface area contributed by atoms with Crippen LogP contribution in [0.4, 0.5) is 13.2 Å². The normalized spacial score (nSPS) is 23.6. The van der Waals surface area contributed by atoms with Gasteiger partial charge in [0.2, 0.25) is 0 Å². The predicted molar refractivity (Wildman–Crippen MR) is 50.1 cm³/mol. The van der Waals surface area contributed by atoms with Crippen molar-refractivity contribution in [1.29, 1.82) is 0 Å². The minimum Gasteiger partial charge on any atom is -0.213 e. The number of rotatable bonds is 2. The first-order valence-corrected chi connectivity index (χ1v) is 5.17. The summed E-state index contributed by atoms with van der Waals surface area (Å²) < 4.78 is 38.7. The Kier molecular flexibility index (Phi) is 3.33. The second kappa shape index (κ2) is 3.81. The van der Waals surface area contributed by atoms with Crippen LogP contribution in [0.15, 0.2) is 11.6 Å². The van der Waals surface area contributed by atoms with Crippen LogP contribution < -0.4 is 0 Å². The lowest BCUT2D eigenvalue weighted by atomic mass is 9.96. The van der Waals surface area contributed by atoms with Crippen LogP contribution in [-0.2, 0) is 0 Å². The monoisotopic (exact) mass is 276 g/mol. The van der Waals surface area contributed by atoms with Crippen molar-refractivity contribution >= 4 is 27.5 Å². The van der Waals surface area contributed by atoms with E-state index in [4.69, 9.17) is 11.6 Å². The van der Waals surface area contributed by atoms with E-state index in [0.717, 1.165) is 6.42 Å². The molecule has 0 fully saturated rings. The average molecular weight is 278 g/mol. The van der Waals surface area contributed by atoms with Crippen molar-refractivity contribution in [3.8, 4) is 0 Å². The third-order valence-electron chi connectivity index (χ3n) is 2.05. The van der Waals surface area contributed by atoms with E-state index in [-0.39, 0.29) is 5.57 Å². The molecule has 76 valence electrons. The Morgan fingerprint density at radius 2 is 1.92 bits per heavy atom. The van der Waals surface area contributed by atoms with E-state index in [1.807, 2.05) is 15.9 Å². The molecular weight excluding hydrogens is 268 g/mol. The van der Waals surface area contributed by atoms with Crippen LogP contribution in [0.2, 0.25) is 0 Å². The molecule has 0 amide bonds. The summed E-state index contributed by atoms with van der Waals surface area (Å²) in [6.07, 6.45) is 4.02. The molecule has 0 saturated heterocycles. The lowest BCUT2D eigenvalue weighted by Gasteiger charge is -2.27. The molecule has 0 unspecified atom stereocenters. The van der Waals surface area contributed by atoms with Crippen LogP contribution in [-0.4, -0.2) is 9.96 Å². The first-order valence-electron chi connectivity index (χ1n) is 4.00. The molecule has 0 radical (unpaired) electrons. The van der Waals surface area contributed by atoms with Gasteiger partial charge in [-0.3, -0.25) is 0 Å². The van der Waals surface area contributed by atoms with Crippen molar-refractivity contribution in [3.63, 3.8) is 0 Å². The molecule has 0 aromatic rings. The highest BCUT2D eigenvalue weighted by molar-refractivity contribution is 9.10. The largest absolute Gasteiger partial charge is 0.352 e. The Bertz CT molecular complexity index is 220. The highest BCUT2D eigenvalue weighted by atomic mass is 79.9. The molecule has 0 heterocycles. The van der Waals surface area contributed by atoms with Gasteiger partial charge in [0.25, 0.3) is 5.13 Å². The third kappa shape index (κ3) is 2.40. The van der Waals surface area contributed by atoms with Gasteiger partial charge >= 0.3 is 4.83 Å². The number of hydrogen-bond acceptors (Lipinski definition) is 0. The molecule has 0 bridgehead atoms. The highest BCUT2D eigenvalue weighted by Gasteiger charge is 2.54. The van der Waals surface area contributed by atoms with Crippen molar-refractivity contribution in [2.24, 2.45) is 0 Å². The summed E-state index contributed by atoms with van der Waals surface area (Å²) in [5.74, 6) is 0. The third-order valence-corrected chi connectivity index (χ3v) is 3.31. The van der Waals surface area contributed by atoms with Gasteiger partial charge in [-0.1, -0.05) is 17.7 Å². The molecule has 0 aromatic heterocycles. The van der Waals surface area contributed by atoms with Gasteiger partial charge in [0.1, 0.15) is 0 Å². The molecule has 0 saturated carbocycles. The van der Waals surface area contributed by atoms with Crippen LogP contribution in [0.25, 0.3) is 0 Å². The summed E-state index contributed by atoms with van der Waals surface area (Å²) in [5.41, 5.74) is -0.0118. The topological polar surface area (TPSA) is 0 Å². The molecule has 5 heteroatoms. The van der Waals surface area contributed by atoms with Crippen molar-refractivity contribution in [3.05, 3.63) is 11.6 Å². The second-order valence-corrected chi connectivity index (χ2v) is 4.56. The van der Waals surface area contributed by atoms with E-state index < -0.39 is 9.96 Å². The van der Waals surface area contributed by atoms with Crippen LogP contribution in [0.5, 0.6) is 0 Å². The summed E-state index contributed by atoms with van der Waals surface area (Å²) in [5, 5.41) is -3.08. The highest BCUT2D eigenvalue weighted by Crippen LogP contribution is 2.48. The van der Waals surface area contributed by atoms with Gasteiger partial charge in [-0.25, -0.2) is 4.39 Å². The quantitative estimate of drug-likeness (QED) is 0.519. The van der Waals surface area contributed by atoms with E-state index in [0.29, 0.717) is 19.3 Å². The number of hydrogen-bond donors (Lipinski definition) is 0. The predicted octanol–water partition coefficient (Wildman–Crippen LogP) is 4.38. The number of halogens is 5. The Morgan fingerprint density at radius 1 is 1.31 bits per heavy atom. The lowest BCUT2D eigenvalue weighted by molar-refractivity contribution is 0.0131. The summed E-state index contributed by atoms with van der Waals surface area (Å²) in [4.78, 5) is -3.70. The molecule has 1 aliphatic rings. The first kappa shape index (κ1) is 11.4. The molecule has 0 spiro atoms. The second-order valence-electron chi connectivity index (χ2n) is 3.05. The van der Waals surface area contributed by atoms with E-state index in [1.165, 1.54) is 6.08 Å². The molecule has 1 rings (SSSR count). The minimum atomic E-state index is -3.70. The van der Waals surface area contributed by atoms with Crippen LogP contribution in [0, 0.1) is 0 Å². The molecule has 0 aromatic carbocycles. The first-order chi connectivity index (χ1) is 5.86. The van der Waals surface area contributed by atoms with E-state index in [9.17, 15) is 13.2 Å². The maximum atomic E-state index is 13.4. The maximum Gasteiger partial charge on any atom is 0.352 e. The van der Waals surface area contributed by atoms with Gasteiger partial charge in [-0.05, 0) is 47.2 Å². The van der Waals surface area contributed by atoms with Gasteiger partial charge < -0.3 is 0 Å². The molecule has 1 aliphatic carbocycles. The van der Waals surface area contributed by atoms with Crippen molar-refractivity contribution in [2.75, 3.05) is 0 Å². The van der Waals surface area contributed by atoms with Crippen LogP contribution >= 0.6 is 27.5 Å². The van der Waals surface area contributed by atoms with Crippen molar-refractivity contribution in [1.82, 2.24) is 0 Å². The minimum absolute atomic E-state index is 0.0118. The zero-order chi connectivity index (χ0) is 10.1. The van der Waals surface area contributed by atoms with E-state index in [1.54, 1.807) is 0 Å². The van der Waals surface area contributed by atoms with Crippen LogP contribution in [0.3, 0.4) is 0 Å². The van der Waals surface area contributed by atoms with Crippen molar-refractivity contribution in [2.45, 2.75) is 35.6 Å². The van der Waals surface area contributed by atoms with Gasteiger partial charge in [-0.15, -0.1) is 0 Å². The molecule has 1 atom stereocenters. The average Bonchev–Trinajstić information content (AvgIpc) is 2.04. The fourth-order valence-electron chi connectivity index (χ4n) is 1.31. The molecule has 13 heavy (non-hydrogen) atoms. The fourth-order valence-corrected chi connectivity index (χ4v) is 1.73. The molecular formula is C8H9BrClF3. The Morgan fingerprint density at radius 3 is 2.31 bits per heavy atom. The number of alkyl halides is 5. The fraction of sp³-hybridized carbons (Fsp3) is 0.750. The van der Waals surface area contributed by atoms with Gasteiger partial charge in [0.05, 0.1) is 0 Å². The molecule has 0 aliphatic heterocycles. The lowest BCUT2D eigenvalue weighted by Crippen LogP contribution is -2.36. The Labute approximate surface area is 88.3 Å². The van der Waals surface area contributed by atoms with E-state index >= 15 is 0 Å². The van der Waals surface area contributed by atoms with Crippen LogP contribution in [0.1, 0.15) is 25.7 Å². The Hall–Kier alpha value is 0.300. The summed E-state index contributed by atoms with van der Waals surface area (Å²) in [6, 6.07) is 0. The summed E-state index contributed by atoms with van der Waals surface area (Å²) in [7, 11) is 0. The summed E-state index contributed by atoms with van der Waals surface area (Å²) >= 11 is 7.11. The summed E-state index contributed by atoms with van der Waals surface area (Å²) in [6.45, 7) is 0. The number of allylic oxidation sites excluding steroid dienone is 2. The SMILES string of the molecule is FC(F)(Br)[C@@](F)(Cl)C1=CCCCC1. The smallest absolute Gasteiger partial charge is 0.213 e. The van der Waals surface area contributed by atoms with Crippen molar-refractivity contribution < 1.29 is 13.2 Å². The van der Waals surface area contributed by atoms with Gasteiger partial charge in [-0.2, -0.15) is 8.78 Å². The molecule has 0 nitrogen and oxygen atoms in total. The van der Waals surface area contributed by atoms with Gasteiger partial charge in [0.15, 0.2) is 0 Å². The van der Waals surface area contributed by atoms with E-state index in [2.05, 4.69) is 0 Å². The molecule has 0 N–H and O–H groups in total. The zero-order valence-electron chi connectivity index (χ0n) is 6.80. The Balaban J connectivity index is 2.85. The zero-order valence-corrected chi connectivity index (χ0v) is 9.14. The maximum absolute atomic E-state index is 13.4. The standard InChI is InChI=1S/C8H9BrClF3/c9-8(12,13)7(10,11)6-4-2-1-3-5-6/h4H,1-3,5H2/t7-/m1/s1. The van der Waals surface area contributed by atoms with Gasteiger partial charge in [0, 0.05) is 0 Å².